The molecule has 28 heavy (non-hydrogen) atoms. The number of imidazole rings is 1. The summed E-state index contributed by atoms with van der Waals surface area (Å²) in [7, 11) is 1.30. The van der Waals surface area contributed by atoms with Gasteiger partial charge in [-0.1, -0.05) is 12.1 Å². The van der Waals surface area contributed by atoms with E-state index in [1.54, 1.807) is 59.1 Å². The first-order valence-corrected chi connectivity index (χ1v) is 8.41. The van der Waals surface area contributed by atoms with Crippen LogP contribution >= 0.6 is 0 Å². The molecule has 0 bridgehead atoms. The number of fused-ring (bicyclic) bond motifs is 1. The minimum atomic E-state index is -0.491. The molecule has 0 aliphatic carbocycles. The summed E-state index contributed by atoms with van der Waals surface area (Å²) in [5.74, 6) is -1.29. The predicted octanol–water partition coefficient (Wildman–Crippen LogP) is 2.29. The van der Waals surface area contributed by atoms with E-state index < -0.39 is 17.8 Å². The molecule has 1 aromatic carbocycles. The third-order valence-corrected chi connectivity index (χ3v) is 3.94. The Bertz CT molecular complexity index is 1050. The molecular weight excluding hydrogens is 360 g/mol. The predicted molar refractivity (Wildman–Crippen MR) is 103 cm³/mol. The second-order valence-electron chi connectivity index (χ2n) is 5.76. The van der Waals surface area contributed by atoms with Crippen LogP contribution in [0.2, 0.25) is 0 Å². The number of benzene rings is 1. The van der Waals surface area contributed by atoms with Crippen molar-refractivity contribution in [3.63, 3.8) is 0 Å². The van der Waals surface area contributed by atoms with Gasteiger partial charge in [0.05, 0.1) is 18.2 Å². The Labute approximate surface area is 160 Å². The fourth-order valence-corrected chi connectivity index (χ4v) is 2.61. The number of hydrogen-bond donors (Lipinski definition) is 2. The van der Waals surface area contributed by atoms with Gasteiger partial charge in [0.25, 0.3) is 11.8 Å². The quantitative estimate of drug-likeness (QED) is 0.506. The smallest absolute Gasteiger partial charge is 0.337 e. The first-order valence-electron chi connectivity index (χ1n) is 8.41. The van der Waals surface area contributed by atoms with Crippen molar-refractivity contribution >= 4 is 29.0 Å². The molecule has 0 saturated carbocycles. The van der Waals surface area contributed by atoms with Crippen molar-refractivity contribution in [3.8, 4) is 0 Å². The van der Waals surface area contributed by atoms with E-state index in [4.69, 9.17) is 0 Å². The number of esters is 1. The lowest BCUT2D eigenvalue weighted by molar-refractivity contribution is 0.0600. The van der Waals surface area contributed by atoms with Crippen LogP contribution in [0.5, 0.6) is 0 Å². The maximum Gasteiger partial charge on any atom is 0.337 e. The van der Waals surface area contributed by atoms with E-state index in [1.165, 1.54) is 7.11 Å². The van der Waals surface area contributed by atoms with Crippen LogP contribution in [0.25, 0.3) is 5.52 Å². The summed E-state index contributed by atoms with van der Waals surface area (Å²) in [6, 6.07) is 11.4. The van der Waals surface area contributed by atoms with E-state index in [2.05, 4.69) is 26.9 Å². The number of carbonyl (C=O) groups excluding carboxylic acids is 3. The number of rotatable bonds is 6. The molecule has 0 unspecified atom stereocenters. The second-order valence-corrected chi connectivity index (χ2v) is 5.76. The molecule has 142 valence electrons. The molecule has 2 heterocycles. The lowest BCUT2D eigenvalue weighted by Crippen LogP contribution is -2.24. The Kier molecular flexibility index (Phi) is 5.50. The van der Waals surface area contributed by atoms with Crippen LogP contribution in [-0.4, -0.2) is 40.8 Å². The van der Waals surface area contributed by atoms with E-state index in [1.807, 2.05) is 0 Å². The molecule has 2 amide bonds. The van der Waals surface area contributed by atoms with Crippen molar-refractivity contribution in [1.29, 1.82) is 0 Å². The van der Waals surface area contributed by atoms with Crippen molar-refractivity contribution in [2.45, 2.75) is 0 Å². The number of carbonyl (C=O) groups is 3. The van der Waals surface area contributed by atoms with Gasteiger partial charge in [0.1, 0.15) is 0 Å². The molecule has 0 aliphatic heterocycles. The standard InChI is InChI=1S/C20H18N4O4/c1-3-11-21-18(25)16-15-6-4-5-12-24(15)17(23-16)19(26)22-14-9-7-13(8-10-14)20(27)28-2/h3-10,12H,1,11H2,2H3,(H,21,25)(H,22,26). The molecule has 3 rings (SSSR count). The Morgan fingerprint density at radius 3 is 2.57 bits per heavy atom. The summed E-state index contributed by atoms with van der Waals surface area (Å²) in [4.78, 5) is 40.8. The zero-order valence-corrected chi connectivity index (χ0v) is 15.1. The third-order valence-electron chi connectivity index (χ3n) is 3.94. The minimum Gasteiger partial charge on any atom is -0.465 e. The number of nitrogens with one attached hydrogen (secondary N) is 2. The first-order chi connectivity index (χ1) is 13.5. The normalized spacial score (nSPS) is 10.3. The van der Waals surface area contributed by atoms with Gasteiger partial charge in [0.2, 0.25) is 5.82 Å². The molecule has 0 saturated heterocycles. The van der Waals surface area contributed by atoms with Gasteiger partial charge in [-0.25, -0.2) is 9.78 Å². The average Bonchev–Trinajstić information content (AvgIpc) is 3.12. The molecule has 2 N–H and O–H groups in total. The highest BCUT2D eigenvalue weighted by molar-refractivity contribution is 6.06. The van der Waals surface area contributed by atoms with Gasteiger partial charge in [0.15, 0.2) is 5.69 Å². The largest absolute Gasteiger partial charge is 0.465 e. The minimum absolute atomic E-state index is 0.0661. The molecule has 2 aromatic heterocycles. The van der Waals surface area contributed by atoms with Gasteiger partial charge in [-0.3, -0.25) is 14.0 Å². The summed E-state index contributed by atoms with van der Waals surface area (Å²) in [5.41, 5.74) is 1.50. The van der Waals surface area contributed by atoms with Crippen LogP contribution in [0.4, 0.5) is 5.69 Å². The fourth-order valence-electron chi connectivity index (χ4n) is 2.61. The van der Waals surface area contributed by atoms with Gasteiger partial charge in [-0.15, -0.1) is 6.58 Å². The van der Waals surface area contributed by atoms with Gasteiger partial charge in [-0.2, -0.15) is 0 Å². The zero-order chi connectivity index (χ0) is 20.1. The SMILES string of the molecule is C=CCNC(=O)c1nc(C(=O)Nc2ccc(C(=O)OC)cc2)n2ccccc12. The topological polar surface area (TPSA) is 102 Å². The number of ether oxygens (including phenoxy) is 1. The maximum atomic E-state index is 12.7. The van der Waals surface area contributed by atoms with Gasteiger partial charge >= 0.3 is 5.97 Å². The van der Waals surface area contributed by atoms with E-state index >= 15 is 0 Å². The molecule has 8 nitrogen and oxygen atoms in total. The lowest BCUT2D eigenvalue weighted by Gasteiger charge is -2.05. The monoisotopic (exact) mass is 378 g/mol. The third kappa shape index (κ3) is 3.75. The van der Waals surface area contributed by atoms with E-state index in [0.29, 0.717) is 23.3 Å². The molecule has 0 aliphatic rings. The number of methoxy groups -OCH3 is 1. The summed E-state index contributed by atoms with van der Waals surface area (Å²) in [6.07, 6.45) is 3.21. The first kappa shape index (κ1) is 18.8. The van der Waals surface area contributed by atoms with Crippen molar-refractivity contribution in [2.75, 3.05) is 19.0 Å². The second kappa shape index (κ2) is 8.17. The van der Waals surface area contributed by atoms with Crippen LogP contribution in [0.3, 0.4) is 0 Å². The Morgan fingerprint density at radius 1 is 1.14 bits per heavy atom. The highest BCUT2D eigenvalue weighted by Crippen LogP contribution is 2.16. The molecule has 0 fully saturated rings. The summed E-state index contributed by atoms with van der Waals surface area (Å²) in [5, 5.41) is 5.36. The number of aromatic nitrogens is 2. The summed E-state index contributed by atoms with van der Waals surface area (Å²) < 4.78 is 6.19. The molecule has 0 atom stereocenters. The van der Waals surface area contributed by atoms with Gasteiger partial charge < -0.3 is 15.4 Å². The Hall–Kier alpha value is -3.94. The van der Waals surface area contributed by atoms with Crippen LogP contribution in [0, 0.1) is 0 Å². The highest BCUT2D eigenvalue weighted by Gasteiger charge is 2.21. The van der Waals surface area contributed by atoms with Crippen molar-refractivity contribution in [3.05, 3.63) is 78.4 Å². The van der Waals surface area contributed by atoms with E-state index in [-0.39, 0.29) is 11.5 Å². The summed E-state index contributed by atoms with van der Waals surface area (Å²) in [6.45, 7) is 3.85. The lowest BCUT2D eigenvalue weighted by atomic mass is 10.2. The molecule has 0 radical (unpaired) electrons. The maximum absolute atomic E-state index is 12.7. The van der Waals surface area contributed by atoms with Crippen molar-refractivity contribution < 1.29 is 19.1 Å². The van der Waals surface area contributed by atoms with Crippen LogP contribution < -0.4 is 10.6 Å². The molecule has 8 heteroatoms. The van der Waals surface area contributed by atoms with Gasteiger partial charge in [-0.05, 0) is 36.4 Å². The number of nitrogens with zero attached hydrogens (tertiary/aromatic N) is 2. The van der Waals surface area contributed by atoms with Crippen LogP contribution in [-0.2, 0) is 4.74 Å². The number of pyridine rings is 1. The Balaban J connectivity index is 1.88. The van der Waals surface area contributed by atoms with Crippen molar-refractivity contribution in [1.82, 2.24) is 14.7 Å². The summed E-state index contributed by atoms with van der Waals surface area (Å²) >= 11 is 0. The highest BCUT2D eigenvalue weighted by atomic mass is 16.5. The van der Waals surface area contributed by atoms with E-state index in [9.17, 15) is 14.4 Å². The molecular formula is C20H18N4O4. The zero-order valence-electron chi connectivity index (χ0n) is 15.1. The fraction of sp³-hybridized carbons (Fsp3) is 0.100. The number of amides is 2. The Morgan fingerprint density at radius 2 is 1.89 bits per heavy atom. The average molecular weight is 378 g/mol. The molecule has 3 aromatic rings. The van der Waals surface area contributed by atoms with Crippen LogP contribution in [0.1, 0.15) is 31.5 Å². The van der Waals surface area contributed by atoms with Gasteiger partial charge in [0, 0.05) is 18.4 Å². The van der Waals surface area contributed by atoms with Crippen LogP contribution in [0.15, 0.2) is 61.3 Å². The number of hydrogen-bond acceptors (Lipinski definition) is 5. The van der Waals surface area contributed by atoms with Crippen molar-refractivity contribution in [2.24, 2.45) is 0 Å². The van der Waals surface area contributed by atoms with E-state index in [0.717, 1.165) is 0 Å². The molecule has 0 spiro atoms. The number of anilines is 1.